The standard InChI is InChI=1S/C23H32N2O4S/c1-7-12-29-21-10-8-20(9-11-21)25(30(6,27)28)15-23(26)24-19(5)22-14-17(3)16(2)13-18(22)4/h8-11,13-14,19H,7,12,15H2,1-6H3,(H,24,26). The van der Waals surface area contributed by atoms with Gasteiger partial charge in [0, 0.05) is 0 Å². The summed E-state index contributed by atoms with van der Waals surface area (Å²) >= 11 is 0. The van der Waals surface area contributed by atoms with E-state index in [1.54, 1.807) is 24.3 Å². The molecule has 0 bridgehead atoms. The second-order valence-electron chi connectivity index (χ2n) is 7.69. The fraction of sp³-hybridized carbons (Fsp3) is 0.435. The number of aryl methyl sites for hydroxylation is 3. The predicted molar refractivity (Wildman–Crippen MR) is 122 cm³/mol. The van der Waals surface area contributed by atoms with E-state index in [-0.39, 0.29) is 18.5 Å². The molecule has 0 heterocycles. The van der Waals surface area contributed by atoms with Crippen LogP contribution in [0.1, 0.15) is 48.6 Å². The highest BCUT2D eigenvalue weighted by Gasteiger charge is 2.22. The van der Waals surface area contributed by atoms with E-state index in [2.05, 4.69) is 24.4 Å². The third-order valence-electron chi connectivity index (χ3n) is 5.01. The third-order valence-corrected chi connectivity index (χ3v) is 6.15. The maximum absolute atomic E-state index is 12.7. The monoisotopic (exact) mass is 432 g/mol. The molecule has 0 aromatic heterocycles. The molecule has 0 fully saturated rings. The molecule has 1 amide bonds. The van der Waals surface area contributed by atoms with Gasteiger partial charge in [-0.25, -0.2) is 8.42 Å². The molecule has 30 heavy (non-hydrogen) atoms. The number of amides is 1. The molecule has 1 N–H and O–H groups in total. The van der Waals surface area contributed by atoms with Gasteiger partial charge in [-0.1, -0.05) is 19.1 Å². The lowest BCUT2D eigenvalue weighted by atomic mass is 9.96. The molecule has 1 unspecified atom stereocenters. The maximum Gasteiger partial charge on any atom is 0.241 e. The first-order valence-electron chi connectivity index (χ1n) is 10.1. The number of sulfonamides is 1. The van der Waals surface area contributed by atoms with Crippen LogP contribution >= 0.6 is 0 Å². The molecule has 2 aromatic rings. The second kappa shape index (κ2) is 9.98. The van der Waals surface area contributed by atoms with Crippen molar-refractivity contribution >= 4 is 21.6 Å². The van der Waals surface area contributed by atoms with Crippen molar-refractivity contribution in [3.63, 3.8) is 0 Å². The van der Waals surface area contributed by atoms with E-state index in [1.807, 2.05) is 27.7 Å². The number of nitrogens with one attached hydrogen (secondary N) is 1. The fourth-order valence-electron chi connectivity index (χ4n) is 3.27. The van der Waals surface area contributed by atoms with E-state index in [1.165, 1.54) is 5.56 Å². The van der Waals surface area contributed by atoms with Crippen LogP contribution in [0.2, 0.25) is 0 Å². The Bertz CT molecular complexity index is 985. The Labute approximate surface area is 180 Å². The second-order valence-corrected chi connectivity index (χ2v) is 9.60. The SMILES string of the molecule is CCCOc1ccc(N(CC(=O)NC(C)c2cc(C)c(C)cc2C)S(C)(=O)=O)cc1. The molecule has 2 aromatic carbocycles. The quantitative estimate of drug-likeness (QED) is 0.649. The van der Waals surface area contributed by atoms with Crippen LogP contribution in [0, 0.1) is 20.8 Å². The van der Waals surface area contributed by atoms with Crippen LogP contribution in [0.25, 0.3) is 0 Å². The minimum absolute atomic E-state index is 0.233. The third kappa shape index (κ3) is 6.23. The van der Waals surface area contributed by atoms with Crippen molar-refractivity contribution in [2.24, 2.45) is 0 Å². The Hall–Kier alpha value is -2.54. The van der Waals surface area contributed by atoms with E-state index in [0.717, 1.165) is 33.7 Å². The highest BCUT2D eigenvalue weighted by molar-refractivity contribution is 7.92. The van der Waals surface area contributed by atoms with Gasteiger partial charge in [0.15, 0.2) is 0 Å². The Balaban J connectivity index is 2.15. The van der Waals surface area contributed by atoms with Gasteiger partial charge in [0.1, 0.15) is 12.3 Å². The van der Waals surface area contributed by atoms with Crippen LogP contribution in [0.5, 0.6) is 5.75 Å². The molecule has 0 spiro atoms. The smallest absolute Gasteiger partial charge is 0.241 e. The van der Waals surface area contributed by atoms with E-state index in [9.17, 15) is 13.2 Å². The summed E-state index contributed by atoms with van der Waals surface area (Å²) < 4.78 is 31.3. The van der Waals surface area contributed by atoms with E-state index in [4.69, 9.17) is 4.74 Å². The average Bonchev–Trinajstić information content (AvgIpc) is 2.67. The largest absolute Gasteiger partial charge is 0.494 e. The van der Waals surface area contributed by atoms with Crippen LogP contribution in [0.4, 0.5) is 5.69 Å². The summed E-state index contributed by atoms with van der Waals surface area (Å²) in [6.45, 7) is 10.3. The Morgan fingerprint density at radius 1 is 1.07 bits per heavy atom. The van der Waals surface area contributed by atoms with Gasteiger partial charge < -0.3 is 10.1 Å². The lowest BCUT2D eigenvalue weighted by Crippen LogP contribution is -2.41. The minimum atomic E-state index is -3.63. The first kappa shape index (κ1) is 23.7. The minimum Gasteiger partial charge on any atom is -0.494 e. The number of carbonyl (C=O) groups excluding carboxylic acids is 1. The first-order valence-corrected chi connectivity index (χ1v) is 12.0. The number of anilines is 1. The van der Waals surface area contributed by atoms with Crippen LogP contribution in [0.15, 0.2) is 36.4 Å². The molecule has 0 aliphatic carbocycles. The van der Waals surface area contributed by atoms with Gasteiger partial charge in [-0.15, -0.1) is 0 Å². The van der Waals surface area contributed by atoms with Crippen molar-refractivity contribution in [2.75, 3.05) is 23.7 Å². The normalized spacial score (nSPS) is 12.3. The van der Waals surface area contributed by atoms with Gasteiger partial charge in [0.05, 0.1) is 24.6 Å². The lowest BCUT2D eigenvalue weighted by molar-refractivity contribution is -0.120. The van der Waals surface area contributed by atoms with Crippen molar-refractivity contribution in [1.82, 2.24) is 5.32 Å². The van der Waals surface area contributed by atoms with Crippen molar-refractivity contribution in [3.05, 3.63) is 58.7 Å². The zero-order chi connectivity index (χ0) is 22.5. The summed E-state index contributed by atoms with van der Waals surface area (Å²) in [5, 5.41) is 2.93. The topological polar surface area (TPSA) is 75.7 Å². The lowest BCUT2D eigenvalue weighted by Gasteiger charge is -2.24. The molecular formula is C23H32N2O4S. The fourth-order valence-corrected chi connectivity index (χ4v) is 4.13. The number of benzene rings is 2. The van der Waals surface area contributed by atoms with Crippen LogP contribution in [-0.4, -0.2) is 33.7 Å². The van der Waals surface area contributed by atoms with Crippen LogP contribution in [0.3, 0.4) is 0 Å². The number of hydrogen-bond donors (Lipinski definition) is 1. The summed E-state index contributed by atoms with van der Waals surface area (Å²) in [7, 11) is -3.63. The summed E-state index contributed by atoms with van der Waals surface area (Å²) in [5.74, 6) is 0.300. The van der Waals surface area contributed by atoms with Crippen molar-refractivity contribution in [2.45, 2.75) is 47.1 Å². The molecule has 0 radical (unpaired) electrons. The molecule has 164 valence electrons. The van der Waals surface area contributed by atoms with Gasteiger partial charge in [-0.3, -0.25) is 9.10 Å². The summed E-state index contributed by atoms with van der Waals surface area (Å²) in [6.07, 6.45) is 1.98. The Morgan fingerprint density at radius 2 is 1.67 bits per heavy atom. The summed E-state index contributed by atoms with van der Waals surface area (Å²) in [6, 6.07) is 10.6. The number of nitrogens with zero attached hydrogens (tertiary/aromatic N) is 1. The average molecular weight is 433 g/mol. The Kier molecular flexibility index (Phi) is 7.89. The van der Waals surface area contributed by atoms with E-state index >= 15 is 0 Å². The first-order chi connectivity index (χ1) is 14.0. The molecule has 0 saturated heterocycles. The number of rotatable bonds is 9. The number of ether oxygens (including phenoxy) is 1. The molecule has 2 rings (SSSR count). The highest BCUT2D eigenvalue weighted by Crippen LogP contribution is 2.23. The van der Waals surface area contributed by atoms with Gasteiger partial charge in [0.25, 0.3) is 0 Å². The van der Waals surface area contributed by atoms with Crippen LogP contribution < -0.4 is 14.4 Å². The number of hydrogen-bond acceptors (Lipinski definition) is 4. The molecule has 0 aliphatic heterocycles. The molecule has 0 saturated carbocycles. The molecule has 6 nitrogen and oxygen atoms in total. The maximum atomic E-state index is 12.7. The van der Waals surface area contributed by atoms with Crippen LogP contribution in [-0.2, 0) is 14.8 Å². The highest BCUT2D eigenvalue weighted by atomic mass is 32.2. The van der Waals surface area contributed by atoms with Gasteiger partial charge in [0.2, 0.25) is 15.9 Å². The summed E-state index contributed by atoms with van der Waals surface area (Å²) in [5.41, 5.74) is 4.89. The summed E-state index contributed by atoms with van der Waals surface area (Å²) in [4.78, 5) is 12.7. The Morgan fingerprint density at radius 3 is 2.23 bits per heavy atom. The van der Waals surface area contributed by atoms with Gasteiger partial charge in [-0.2, -0.15) is 0 Å². The molecular weight excluding hydrogens is 400 g/mol. The van der Waals surface area contributed by atoms with Crippen molar-refractivity contribution in [3.8, 4) is 5.75 Å². The molecule has 0 aliphatic rings. The van der Waals surface area contributed by atoms with Crippen molar-refractivity contribution in [1.29, 1.82) is 0 Å². The van der Waals surface area contributed by atoms with Crippen molar-refractivity contribution < 1.29 is 17.9 Å². The van der Waals surface area contributed by atoms with E-state index in [0.29, 0.717) is 18.0 Å². The van der Waals surface area contributed by atoms with Gasteiger partial charge >= 0.3 is 0 Å². The molecule has 1 atom stereocenters. The zero-order valence-electron chi connectivity index (χ0n) is 18.7. The van der Waals surface area contributed by atoms with E-state index < -0.39 is 10.0 Å². The molecule has 7 heteroatoms. The van der Waals surface area contributed by atoms with Gasteiger partial charge in [-0.05, 0) is 80.6 Å². The zero-order valence-corrected chi connectivity index (χ0v) is 19.5. The number of carbonyl (C=O) groups is 1. The predicted octanol–water partition coefficient (Wildman–Crippen LogP) is 4.04.